The second kappa shape index (κ2) is 6.97. The number of thiophene rings is 1. The van der Waals surface area contributed by atoms with Crippen LogP contribution in [0.25, 0.3) is 16.9 Å². The lowest BCUT2D eigenvalue weighted by molar-refractivity contribution is -0.115. The lowest BCUT2D eigenvalue weighted by atomic mass is 10.1. The van der Waals surface area contributed by atoms with E-state index in [2.05, 4.69) is 15.3 Å². The zero-order valence-corrected chi connectivity index (χ0v) is 14.9. The van der Waals surface area contributed by atoms with E-state index < -0.39 is 0 Å². The predicted molar refractivity (Wildman–Crippen MR) is 102 cm³/mol. The fraction of sp³-hybridized carbons (Fsp3) is 0.105. The van der Waals surface area contributed by atoms with E-state index >= 15 is 0 Å². The van der Waals surface area contributed by atoms with Gasteiger partial charge in [-0.05, 0) is 34.5 Å². The van der Waals surface area contributed by atoms with Crippen LogP contribution in [0, 0.1) is 0 Å². The van der Waals surface area contributed by atoms with Gasteiger partial charge in [-0.1, -0.05) is 12.1 Å². The average Bonchev–Trinajstić information content (AvgIpc) is 3.31. The van der Waals surface area contributed by atoms with Crippen molar-refractivity contribution in [3.8, 4) is 17.0 Å². The van der Waals surface area contributed by atoms with Crippen LogP contribution in [0.4, 0.5) is 5.82 Å². The molecule has 6 nitrogen and oxygen atoms in total. The van der Waals surface area contributed by atoms with Gasteiger partial charge in [-0.3, -0.25) is 14.2 Å². The normalized spacial score (nSPS) is 10.8. The highest BCUT2D eigenvalue weighted by Gasteiger charge is 2.10. The molecule has 0 saturated carbocycles. The van der Waals surface area contributed by atoms with E-state index in [-0.39, 0.29) is 5.91 Å². The molecule has 1 amide bonds. The highest BCUT2D eigenvalue weighted by Crippen LogP contribution is 2.23. The van der Waals surface area contributed by atoms with Gasteiger partial charge in [-0.2, -0.15) is 11.3 Å². The molecular weight excluding hydrogens is 348 g/mol. The maximum Gasteiger partial charge on any atom is 0.229 e. The fourth-order valence-corrected chi connectivity index (χ4v) is 3.35. The Morgan fingerprint density at radius 3 is 3.00 bits per heavy atom. The molecule has 0 aliphatic heterocycles. The van der Waals surface area contributed by atoms with Crippen LogP contribution >= 0.6 is 11.3 Å². The van der Waals surface area contributed by atoms with Crippen molar-refractivity contribution in [3.05, 3.63) is 65.2 Å². The van der Waals surface area contributed by atoms with Gasteiger partial charge in [0.1, 0.15) is 11.6 Å². The first-order valence-corrected chi connectivity index (χ1v) is 8.95. The first-order chi connectivity index (χ1) is 12.7. The molecule has 4 aromatic rings. The topological polar surface area (TPSA) is 68.5 Å². The number of amides is 1. The Bertz CT molecular complexity index is 1060. The van der Waals surface area contributed by atoms with Gasteiger partial charge in [0.25, 0.3) is 0 Å². The molecule has 7 heteroatoms. The number of nitrogens with one attached hydrogen (secondary N) is 1. The van der Waals surface area contributed by atoms with Gasteiger partial charge in [0, 0.05) is 11.8 Å². The number of benzene rings is 1. The molecule has 0 aliphatic carbocycles. The molecule has 26 heavy (non-hydrogen) atoms. The summed E-state index contributed by atoms with van der Waals surface area (Å²) in [6.45, 7) is 0. The molecule has 0 fully saturated rings. The number of methoxy groups -OCH3 is 1. The van der Waals surface area contributed by atoms with E-state index in [1.54, 1.807) is 30.8 Å². The molecule has 0 spiro atoms. The van der Waals surface area contributed by atoms with Crippen molar-refractivity contribution in [1.29, 1.82) is 0 Å². The zero-order chi connectivity index (χ0) is 17.9. The number of hydrogen-bond donors (Lipinski definition) is 1. The minimum absolute atomic E-state index is 0.0788. The van der Waals surface area contributed by atoms with Crippen molar-refractivity contribution in [3.63, 3.8) is 0 Å². The molecule has 0 bridgehead atoms. The maximum absolute atomic E-state index is 12.3. The van der Waals surface area contributed by atoms with Crippen LogP contribution in [0.5, 0.6) is 5.75 Å². The number of nitrogens with zero attached hydrogens (tertiary/aromatic N) is 3. The number of aromatic nitrogens is 3. The largest absolute Gasteiger partial charge is 0.497 e. The van der Waals surface area contributed by atoms with Crippen LogP contribution in [-0.4, -0.2) is 27.4 Å². The quantitative estimate of drug-likeness (QED) is 0.587. The first-order valence-electron chi connectivity index (χ1n) is 8.01. The van der Waals surface area contributed by atoms with Gasteiger partial charge in [0.15, 0.2) is 5.65 Å². The highest BCUT2D eigenvalue weighted by atomic mass is 32.1. The Labute approximate surface area is 154 Å². The summed E-state index contributed by atoms with van der Waals surface area (Å²) in [4.78, 5) is 21.0. The second-order valence-electron chi connectivity index (χ2n) is 5.73. The SMILES string of the molecule is COc1cccc(-c2cn3c(NC(=O)Cc4ccsc4)cnc3cn2)c1. The van der Waals surface area contributed by atoms with E-state index in [4.69, 9.17) is 4.74 Å². The summed E-state index contributed by atoms with van der Waals surface area (Å²) in [5, 5.41) is 6.85. The molecule has 0 unspecified atom stereocenters. The molecule has 3 heterocycles. The van der Waals surface area contributed by atoms with Gasteiger partial charge in [-0.25, -0.2) is 4.98 Å². The van der Waals surface area contributed by atoms with Crippen molar-refractivity contribution in [2.75, 3.05) is 12.4 Å². The Kier molecular flexibility index (Phi) is 4.37. The number of carbonyl (C=O) groups excluding carboxylic acids is 1. The summed E-state index contributed by atoms with van der Waals surface area (Å²) >= 11 is 1.58. The van der Waals surface area contributed by atoms with Gasteiger partial charge >= 0.3 is 0 Å². The number of anilines is 1. The molecule has 1 aromatic carbocycles. The van der Waals surface area contributed by atoms with Crippen LogP contribution in [0.1, 0.15) is 5.56 Å². The zero-order valence-electron chi connectivity index (χ0n) is 14.0. The van der Waals surface area contributed by atoms with Crippen LogP contribution in [0.15, 0.2) is 59.7 Å². The molecule has 0 radical (unpaired) electrons. The Hall–Kier alpha value is -3.19. The minimum atomic E-state index is -0.0788. The number of ether oxygens (including phenoxy) is 1. The summed E-state index contributed by atoms with van der Waals surface area (Å²) in [5.41, 5.74) is 3.36. The van der Waals surface area contributed by atoms with E-state index in [0.717, 1.165) is 22.6 Å². The highest BCUT2D eigenvalue weighted by molar-refractivity contribution is 7.08. The summed E-state index contributed by atoms with van der Waals surface area (Å²) in [7, 11) is 1.63. The number of hydrogen-bond acceptors (Lipinski definition) is 5. The third-order valence-electron chi connectivity index (χ3n) is 3.97. The summed E-state index contributed by atoms with van der Waals surface area (Å²) < 4.78 is 7.10. The van der Waals surface area contributed by atoms with E-state index in [1.807, 2.05) is 51.7 Å². The Balaban J connectivity index is 1.63. The van der Waals surface area contributed by atoms with E-state index in [1.165, 1.54) is 0 Å². The van der Waals surface area contributed by atoms with Gasteiger partial charge < -0.3 is 10.1 Å². The second-order valence-corrected chi connectivity index (χ2v) is 6.51. The Morgan fingerprint density at radius 2 is 2.19 bits per heavy atom. The average molecular weight is 364 g/mol. The van der Waals surface area contributed by atoms with E-state index in [0.29, 0.717) is 17.9 Å². The lowest BCUT2D eigenvalue weighted by Gasteiger charge is -2.07. The van der Waals surface area contributed by atoms with Crippen molar-refractivity contribution in [2.24, 2.45) is 0 Å². The van der Waals surface area contributed by atoms with Crippen molar-refractivity contribution in [2.45, 2.75) is 6.42 Å². The monoisotopic (exact) mass is 364 g/mol. The number of rotatable bonds is 5. The Morgan fingerprint density at radius 1 is 1.27 bits per heavy atom. The minimum Gasteiger partial charge on any atom is -0.497 e. The third-order valence-corrected chi connectivity index (χ3v) is 4.71. The first kappa shape index (κ1) is 16.3. The van der Waals surface area contributed by atoms with Crippen molar-refractivity contribution in [1.82, 2.24) is 14.4 Å². The molecule has 0 saturated heterocycles. The molecule has 0 aliphatic rings. The molecule has 0 atom stereocenters. The fourth-order valence-electron chi connectivity index (χ4n) is 2.68. The summed E-state index contributed by atoms with van der Waals surface area (Å²) in [5.74, 6) is 1.30. The number of fused-ring (bicyclic) bond motifs is 1. The van der Waals surface area contributed by atoms with Gasteiger partial charge in [0.2, 0.25) is 5.91 Å². The molecular formula is C19H16N4O2S. The lowest BCUT2D eigenvalue weighted by Crippen LogP contribution is -2.15. The molecule has 3 aromatic heterocycles. The molecule has 130 valence electrons. The van der Waals surface area contributed by atoms with E-state index in [9.17, 15) is 4.79 Å². The smallest absolute Gasteiger partial charge is 0.229 e. The van der Waals surface area contributed by atoms with Crippen LogP contribution in [0.3, 0.4) is 0 Å². The van der Waals surface area contributed by atoms with Crippen LogP contribution in [0.2, 0.25) is 0 Å². The van der Waals surface area contributed by atoms with Crippen LogP contribution in [-0.2, 0) is 11.2 Å². The van der Waals surface area contributed by atoms with Crippen molar-refractivity contribution >= 4 is 28.7 Å². The number of imidazole rings is 1. The molecule has 4 rings (SSSR count). The third kappa shape index (κ3) is 3.29. The molecule has 1 N–H and O–H groups in total. The van der Waals surface area contributed by atoms with Gasteiger partial charge in [0.05, 0.1) is 31.6 Å². The summed E-state index contributed by atoms with van der Waals surface area (Å²) in [6, 6.07) is 9.62. The van der Waals surface area contributed by atoms with Crippen molar-refractivity contribution < 1.29 is 9.53 Å². The van der Waals surface area contributed by atoms with Gasteiger partial charge in [-0.15, -0.1) is 0 Å². The summed E-state index contributed by atoms with van der Waals surface area (Å²) in [6.07, 6.45) is 5.52. The predicted octanol–water partition coefficient (Wildman–Crippen LogP) is 3.65. The maximum atomic E-state index is 12.3. The number of carbonyl (C=O) groups is 1. The standard InChI is InChI=1S/C19H16N4O2S/c1-25-15-4-2-3-14(8-15)16-11-23-17(9-20-16)21-10-18(23)22-19(24)7-13-5-6-26-12-13/h2-6,8-12H,7H2,1H3,(H,22,24). The van der Waals surface area contributed by atoms with Crippen LogP contribution < -0.4 is 10.1 Å².